The number of halogens is 2. The number of benzene rings is 1. The summed E-state index contributed by atoms with van der Waals surface area (Å²) in [5.41, 5.74) is 1.02. The standard InChI is InChI=1S/C18H20N4OS2.2ClH/c1-19-10-12-7-8-22(11-12)17(23)15-9-14-16(24-15)21-18(25-14)20-13-5-3-2-4-6-13;;/h2-6,9,12,19H,7-8,10-11H2,1H3,(H,20,21);2*1H. The molecule has 0 radical (unpaired) electrons. The number of para-hydroxylation sites is 1. The van der Waals surface area contributed by atoms with E-state index in [1.54, 1.807) is 11.3 Å². The first-order valence-electron chi connectivity index (χ1n) is 8.39. The van der Waals surface area contributed by atoms with Crippen LogP contribution in [0.3, 0.4) is 0 Å². The molecule has 1 aliphatic heterocycles. The van der Waals surface area contributed by atoms with Crippen LogP contribution in [0.4, 0.5) is 10.8 Å². The third-order valence-electron chi connectivity index (χ3n) is 4.39. The van der Waals surface area contributed by atoms with Gasteiger partial charge in [-0.15, -0.1) is 36.2 Å². The van der Waals surface area contributed by atoms with Gasteiger partial charge in [0.05, 0.1) is 9.58 Å². The molecular weight excluding hydrogens is 423 g/mol. The van der Waals surface area contributed by atoms with E-state index in [1.165, 1.54) is 11.3 Å². The van der Waals surface area contributed by atoms with Crippen molar-refractivity contribution in [3.8, 4) is 0 Å². The number of thiazole rings is 1. The quantitative estimate of drug-likeness (QED) is 0.602. The van der Waals surface area contributed by atoms with Crippen molar-refractivity contribution < 1.29 is 4.79 Å². The van der Waals surface area contributed by atoms with Crippen LogP contribution in [0.2, 0.25) is 0 Å². The summed E-state index contributed by atoms with van der Waals surface area (Å²) >= 11 is 3.08. The van der Waals surface area contributed by atoms with E-state index in [2.05, 4.69) is 15.6 Å². The summed E-state index contributed by atoms with van der Waals surface area (Å²) in [6.45, 7) is 2.67. The molecule has 2 N–H and O–H groups in total. The summed E-state index contributed by atoms with van der Waals surface area (Å²) < 4.78 is 1.07. The number of likely N-dealkylation sites (tertiary alicyclic amines) is 1. The number of anilines is 2. The predicted molar refractivity (Wildman–Crippen MR) is 120 cm³/mol. The molecule has 1 unspecified atom stereocenters. The molecule has 2 aromatic heterocycles. The molecule has 0 spiro atoms. The Bertz CT molecular complexity index is 853. The molecule has 3 heterocycles. The maximum atomic E-state index is 12.7. The van der Waals surface area contributed by atoms with E-state index < -0.39 is 0 Å². The van der Waals surface area contributed by atoms with Gasteiger partial charge in [-0.2, -0.15) is 0 Å². The van der Waals surface area contributed by atoms with Gasteiger partial charge in [-0.3, -0.25) is 4.79 Å². The monoisotopic (exact) mass is 444 g/mol. The predicted octanol–water partition coefficient (Wildman–Crippen LogP) is 4.63. The number of fused-ring (bicyclic) bond motifs is 1. The minimum Gasteiger partial charge on any atom is -0.338 e. The van der Waals surface area contributed by atoms with Gasteiger partial charge >= 0.3 is 0 Å². The molecule has 1 atom stereocenters. The topological polar surface area (TPSA) is 57.3 Å². The van der Waals surface area contributed by atoms with Crippen LogP contribution in [0, 0.1) is 5.92 Å². The lowest BCUT2D eigenvalue weighted by atomic mass is 10.1. The van der Waals surface area contributed by atoms with Crippen LogP contribution < -0.4 is 10.6 Å². The van der Waals surface area contributed by atoms with Crippen molar-refractivity contribution >= 4 is 73.7 Å². The molecule has 4 rings (SSSR count). The van der Waals surface area contributed by atoms with Gasteiger partial charge in [-0.25, -0.2) is 4.98 Å². The maximum Gasteiger partial charge on any atom is 0.264 e. The molecule has 0 aliphatic carbocycles. The Morgan fingerprint density at radius 1 is 1.26 bits per heavy atom. The van der Waals surface area contributed by atoms with Gasteiger partial charge in [-0.05, 0) is 44.1 Å². The van der Waals surface area contributed by atoms with E-state index in [0.717, 1.165) is 51.3 Å². The lowest BCUT2D eigenvalue weighted by Gasteiger charge is -2.15. The number of carbonyl (C=O) groups is 1. The Morgan fingerprint density at radius 2 is 2.04 bits per heavy atom. The SMILES string of the molecule is CNCC1CCN(C(=O)c2cc3sc(Nc4ccccc4)nc3s2)C1.Cl.Cl. The maximum absolute atomic E-state index is 12.7. The van der Waals surface area contributed by atoms with Crippen molar-refractivity contribution in [3.63, 3.8) is 0 Å². The molecule has 1 fully saturated rings. The van der Waals surface area contributed by atoms with E-state index in [1.807, 2.05) is 48.3 Å². The highest BCUT2D eigenvalue weighted by molar-refractivity contribution is 7.29. The van der Waals surface area contributed by atoms with Crippen molar-refractivity contribution in [3.05, 3.63) is 41.3 Å². The zero-order chi connectivity index (χ0) is 17.2. The normalized spacial score (nSPS) is 16.0. The van der Waals surface area contributed by atoms with Crippen molar-refractivity contribution in [2.45, 2.75) is 6.42 Å². The van der Waals surface area contributed by atoms with Gasteiger partial charge in [0.2, 0.25) is 0 Å². The van der Waals surface area contributed by atoms with Crippen molar-refractivity contribution in [1.29, 1.82) is 0 Å². The summed E-state index contributed by atoms with van der Waals surface area (Å²) in [5, 5.41) is 7.38. The van der Waals surface area contributed by atoms with E-state index in [9.17, 15) is 4.79 Å². The van der Waals surface area contributed by atoms with Crippen LogP contribution in [0.1, 0.15) is 16.1 Å². The zero-order valence-corrected chi connectivity index (χ0v) is 18.1. The molecule has 1 aliphatic rings. The first-order chi connectivity index (χ1) is 12.2. The minimum absolute atomic E-state index is 0. The Hall–Kier alpha value is -1.38. The van der Waals surface area contributed by atoms with Crippen LogP contribution in [-0.4, -0.2) is 42.5 Å². The molecule has 5 nitrogen and oxygen atoms in total. The summed E-state index contributed by atoms with van der Waals surface area (Å²) in [6, 6.07) is 12.0. The highest BCUT2D eigenvalue weighted by Crippen LogP contribution is 2.35. The molecule has 1 saturated heterocycles. The second-order valence-corrected chi connectivity index (χ2v) is 8.31. The van der Waals surface area contributed by atoms with E-state index in [-0.39, 0.29) is 30.7 Å². The van der Waals surface area contributed by atoms with Crippen molar-refractivity contribution in [2.24, 2.45) is 5.92 Å². The van der Waals surface area contributed by atoms with Crippen LogP contribution in [-0.2, 0) is 0 Å². The molecular formula is C18H22Cl2N4OS2. The number of carbonyl (C=O) groups excluding carboxylic acids is 1. The first kappa shape index (κ1) is 21.9. The van der Waals surface area contributed by atoms with Gasteiger partial charge in [-0.1, -0.05) is 29.5 Å². The Kier molecular flexibility index (Phi) is 7.88. The fraction of sp³-hybridized carbons (Fsp3) is 0.333. The number of hydrogen-bond donors (Lipinski definition) is 2. The van der Waals surface area contributed by atoms with Crippen LogP contribution in [0.25, 0.3) is 9.53 Å². The third kappa shape index (κ3) is 4.92. The molecule has 146 valence electrons. The molecule has 9 heteroatoms. The number of nitrogens with one attached hydrogen (secondary N) is 2. The highest BCUT2D eigenvalue weighted by atomic mass is 35.5. The van der Waals surface area contributed by atoms with Gasteiger partial charge in [0.15, 0.2) is 5.13 Å². The van der Waals surface area contributed by atoms with E-state index >= 15 is 0 Å². The molecule has 1 amide bonds. The third-order valence-corrected chi connectivity index (χ3v) is 6.45. The smallest absolute Gasteiger partial charge is 0.264 e. The summed E-state index contributed by atoms with van der Waals surface area (Å²) in [5.74, 6) is 0.709. The molecule has 0 bridgehead atoms. The lowest BCUT2D eigenvalue weighted by Crippen LogP contribution is -2.29. The summed E-state index contributed by atoms with van der Waals surface area (Å²) in [4.78, 5) is 21.0. The van der Waals surface area contributed by atoms with E-state index in [4.69, 9.17) is 0 Å². The van der Waals surface area contributed by atoms with Gasteiger partial charge in [0.1, 0.15) is 4.83 Å². The Labute approximate surface area is 179 Å². The average Bonchev–Trinajstić information content (AvgIpc) is 3.30. The number of amides is 1. The fourth-order valence-electron chi connectivity index (χ4n) is 3.17. The molecule has 0 saturated carbocycles. The fourth-order valence-corrected chi connectivity index (χ4v) is 5.27. The second-order valence-electron chi connectivity index (χ2n) is 6.25. The first-order valence-corrected chi connectivity index (χ1v) is 10.0. The molecule has 1 aromatic carbocycles. The largest absolute Gasteiger partial charge is 0.338 e. The summed E-state index contributed by atoms with van der Waals surface area (Å²) in [6.07, 6.45) is 1.08. The Balaban J connectivity index is 0.00000131. The van der Waals surface area contributed by atoms with Gasteiger partial charge in [0, 0.05) is 18.8 Å². The zero-order valence-electron chi connectivity index (χ0n) is 14.8. The number of rotatable bonds is 5. The van der Waals surface area contributed by atoms with Gasteiger partial charge in [0.25, 0.3) is 5.91 Å². The number of nitrogens with zero attached hydrogens (tertiary/aromatic N) is 2. The number of hydrogen-bond acceptors (Lipinski definition) is 6. The van der Waals surface area contributed by atoms with E-state index in [0.29, 0.717) is 5.92 Å². The molecule has 27 heavy (non-hydrogen) atoms. The Morgan fingerprint density at radius 3 is 2.74 bits per heavy atom. The highest BCUT2D eigenvalue weighted by Gasteiger charge is 2.27. The minimum atomic E-state index is 0. The summed E-state index contributed by atoms with van der Waals surface area (Å²) in [7, 11) is 1.96. The van der Waals surface area contributed by atoms with Crippen molar-refractivity contribution in [1.82, 2.24) is 15.2 Å². The van der Waals surface area contributed by atoms with Crippen LogP contribution in [0.5, 0.6) is 0 Å². The number of aromatic nitrogens is 1. The average molecular weight is 445 g/mol. The van der Waals surface area contributed by atoms with Gasteiger partial charge < -0.3 is 15.5 Å². The number of thiophene rings is 1. The lowest BCUT2D eigenvalue weighted by molar-refractivity contribution is 0.0792. The van der Waals surface area contributed by atoms with Crippen molar-refractivity contribution in [2.75, 3.05) is 32.0 Å². The molecule has 3 aromatic rings. The van der Waals surface area contributed by atoms with Crippen LogP contribution in [0.15, 0.2) is 36.4 Å². The van der Waals surface area contributed by atoms with Crippen LogP contribution >= 0.6 is 47.5 Å². The second kappa shape index (κ2) is 9.71.